The van der Waals surface area contributed by atoms with Crippen LogP contribution < -0.4 is 10.2 Å². The summed E-state index contributed by atoms with van der Waals surface area (Å²) in [6.45, 7) is 13.5. The number of urea groups is 1. The van der Waals surface area contributed by atoms with Crippen molar-refractivity contribution in [2.24, 2.45) is 0 Å². The van der Waals surface area contributed by atoms with Crippen LogP contribution in [0.2, 0.25) is 0 Å². The standard InChI is InChI=1S/C28H35N5O/c1-19(2)25-22(5)29-26(23-10-7-6-8-11-23)31-27(25)32-14-9-15-33(17-16-32)28(34)30-24-13-12-20(3)18-21(24)4/h6-8,10-13,18-19H,9,14-17H2,1-5H3,(H,30,34). The summed E-state index contributed by atoms with van der Waals surface area (Å²) in [5.41, 5.74) is 6.37. The first kappa shape index (κ1) is 23.7. The molecule has 0 saturated carbocycles. The first-order chi connectivity index (χ1) is 16.3. The summed E-state index contributed by atoms with van der Waals surface area (Å²) in [5, 5.41) is 3.10. The molecule has 34 heavy (non-hydrogen) atoms. The van der Waals surface area contributed by atoms with E-state index in [1.165, 1.54) is 11.1 Å². The van der Waals surface area contributed by atoms with Crippen molar-refractivity contribution < 1.29 is 4.79 Å². The van der Waals surface area contributed by atoms with E-state index in [0.29, 0.717) is 12.5 Å². The molecule has 0 radical (unpaired) electrons. The third kappa shape index (κ3) is 5.22. The van der Waals surface area contributed by atoms with Crippen LogP contribution in [0.5, 0.6) is 0 Å². The van der Waals surface area contributed by atoms with Crippen molar-refractivity contribution in [1.82, 2.24) is 14.9 Å². The third-order valence-electron chi connectivity index (χ3n) is 6.43. The molecule has 2 aromatic carbocycles. The molecule has 1 saturated heterocycles. The Bertz CT molecular complexity index is 1160. The first-order valence-corrected chi connectivity index (χ1v) is 12.2. The molecule has 1 aliphatic rings. The lowest BCUT2D eigenvalue weighted by Gasteiger charge is -2.27. The van der Waals surface area contributed by atoms with Crippen LogP contribution in [0.4, 0.5) is 16.3 Å². The van der Waals surface area contributed by atoms with E-state index < -0.39 is 0 Å². The van der Waals surface area contributed by atoms with Crippen molar-refractivity contribution in [3.8, 4) is 11.4 Å². The minimum atomic E-state index is -0.0401. The molecule has 1 fully saturated rings. The second-order valence-corrected chi connectivity index (χ2v) is 9.47. The average Bonchev–Trinajstić information content (AvgIpc) is 3.07. The van der Waals surface area contributed by atoms with Gasteiger partial charge < -0.3 is 15.1 Å². The highest BCUT2D eigenvalue weighted by molar-refractivity contribution is 5.90. The fraction of sp³-hybridized carbons (Fsp3) is 0.393. The zero-order valence-electron chi connectivity index (χ0n) is 20.9. The Morgan fingerprint density at radius 3 is 2.41 bits per heavy atom. The third-order valence-corrected chi connectivity index (χ3v) is 6.43. The highest BCUT2D eigenvalue weighted by Crippen LogP contribution is 2.31. The molecule has 1 aromatic heterocycles. The average molecular weight is 458 g/mol. The lowest BCUT2D eigenvalue weighted by molar-refractivity contribution is 0.215. The van der Waals surface area contributed by atoms with E-state index in [4.69, 9.17) is 9.97 Å². The molecular weight excluding hydrogens is 422 g/mol. The van der Waals surface area contributed by atoms with Crippen molar-refractivity contribution in [3.63, 3.8) is 0 Å². The highest BCUT2D eigenvalue weighted by atomic mass is 16.2. The van der Waals surface area contributed by atoms with Gasteiger partial charge in [0.1, 0.15) is 5.82 Å². The fourth-order valence-electron chi connectivity index (χ4n) is 4.68. The minimum absolute atomic E-state index is 0.0401. The Kier molecular flexibility index (Phi) is 7.15. The Hall–Kier alpha value is -3.41. The van der Waals surface area contributed by atoms with Gasteiger partial charge in [0.25, 0.3) is 0 Å². The van der Waals surface area contributed by atoms with E-state index in [9.17, 15) is 4.79 Å². The van der Waals surface area contributed by atoms with Gasteiger partial charge >= 0.3 is 6.03 Å². The SMILES string of the molecule is Cc1ccc(NC(=O)N2CCCN(c3nc(-c4ccccc4)nc(C)c3C(C)C)CC2)c(C)c1. The van der Waals surface area contributed by atoms with Gasteiger partial charge in [0.15, 0.2) is 5.82 Å². The molecule has 4 rings (SSSR count). The molecule has 0 bridgehead atoms. The van der Waals surface area contributed by atoms with E-state index >= 15 is 0 Å². The molecular formula is C28H35N5O. The number of amides is 2. The zero-order valence-corrected chi connectivity index (χ0v) is 20.9. The van der Waals surface area contributed by atoms with Crippen LogP contribution in [0.15, 0.2) is 48.5 Å². The maximum atomic E-state index is 13.0. The molecule has 178 valence electrons. The first-order valence-electron chi connectivity index (χ1n) is 12.2. The van der Waals surface area contributed by atoms with Crippen LogP contribution in [0, 0.1) is 20.8 Å². The van der Waals surface area contributed by atoms with Gasteiger partial charge in [0.05, 0.1) is 0 Å². The molecule has 2 amide bonds. The van der Waals surface area contributed by atoms with Gasteiger partial charge in [-0.25, -0.2) is 14.8 Å². The second kappa shape index (κ2) is 10.2. The number of hydrogen-bond acceptors (Lipinski definition) is 4. The predicted octanol–water partition coefficient (Wildman–Crippen LogP) is 5.94. The lowest BCUT2D eigenvalue weighted by Crippen LogP contribution is -2.38. The van der Waals surface area contributed by atoms with Crippen LogP contribution >= 0.6 is 0 Å². The van der Waals surface area contributed by atoms with Crippen LogP contribution in [0.1, 0.15) is 48.6 Å². The molecule has 0 atom stereocenters. The number of aryl methyl sites for hydroxylation is 3. The quantitative estimate of drug-likeness (QED) is 0.527. The molecule has 0 unspecified atom stereocenters. The van der Waals surface area contributed by atoms with Crippen LogP contribution in [-0.4, -0.2) is 47.1 Å². The van der Waals surface area contributed by atoms with Crippen molar-refractivity contribution in [2.75, 3.05) is 36.4 Å². The summed E-state index contributed by atoms with van der Waals surface area (Å²) in [5.74, 6) is 2.07. The summed E-state index contributed by atoms with van der Waals surface area (Å²) in [6, 6.07) is 16.2. The number of carbonyl (C=O) groups excluding carboxylic acids is 1. The Morgan fingerprint density at radius 1 is 0.941 bits per heavy atom. The fourth-order valence-corrected chi connectivity index (χ4v) is 4.68. The maximum absolute atomic E-state index is 13.0. The van der Waals surface area contributed by atoms with Gasteiger partial charge in [0, 0.05) is 48.7 Å². The second-order valence-electron chi connectivity index (χ2n) is 9.47. The maximum Gasteiger partial charge on any atom is 0.321 e. The summed E-state index contributed by atoms with van der Waals surface area (Å²) in [7, 11) is 0. The largest absolute Gasteiger partial charge is 0.354 e. The van der Waals surface area contributed by atoms with Crippen molar-refractivity contribution in [1.29, 1.82) is 0 Å². The van der Waals surface area contributed by atoms with Crippen LogP contribution in [-0.2, 0) is 0 Å². The Labute approximate surface area is 203 Å². The number of aromatic nitrogens is 2. The van der Waals surface area contributed by atoms with Gasteiger partial charge in [0.2, 0.25) is 0 Å². The van der Waals surface area contributed by atoms with Gasteiger partial charge in [-0.1, -0.05) is 61.9 Å². The highest BCUT2D eigenvalue weighted by Gasteiger charge is 2.25. The van der Waals surface area contributed by atoms with E-state index in [0.717, 1.165) is 60.2 Å². The Morgan fingerprint density at radius 2 is 1.71 bits per heavy atom. The molecule has 6 nitrogen and oxygen atoms in total. The molecule has 2 heterocycles. The topological polar surface area (TPSA) is 61.4 Å². The summed E-state index contributed by atoms with van der Waals surface area (Å²) in [4.78, 5) is 27.2. The number of nitrogens with zero attached hydrogens (tertiary/aromatic N) is 4. The zero-order chi connectivity index (χ0) is 24.2. The molecule has 1 aliphatic heterocycles. The van der Waals surface area contributed by atoms with Gasteiger partial charge in [-0.2, -0.15) is 0 Å². The monoisotopic (exact) mass is 457 g/mol. The van der Waals surface area contributed by atoms with Crippen LogP contribution in [0.3, 0.4) is 0 Å². The molecule has 0 aliphatic carbocycles. The number of rotatable bonds is 4. The molecule has 0 spiro atoms. The predicted molar refractivity (Wildman–Crippen MR) is 140 cm³/mol. The lowest BCUT2D eigenvalue weighted by atomic mass is 10.0. The summed E-state index contributed by atoms with van der Waals surface area (Å²) >= 11 is 0. The van der Waals surface area contributed by atoms with E-state index in [1.807, 2.05) is 42.2 Å². The number of benzene rings is 2. The number of hydrogen-bond donors (Lipinski definition) is 1. The normalized spacial score (nSPS) is 14.3. The summed E-state index contributed by atoms with van der Waals surface area (Å²) < 4.78 is 0. The van der Waals surface area contributed by atoms with E-state index in [2.05, 4.69) is 56.1 Å². The molecule has 3 aromatic rings. The number of anilines is 2. The minimum Gasteiger partial charge on any atom is -0.354 e. The van der Waals surface area contributed by atoms with E-state index in [-0.39, 0.29) is 6.03 Å². The number of nitrogens with one attached hydrogen (secondary N) is 1. The van der Waals surface area contributed by atoms with Crippen molar-refractivity contribution >= 4 is 17.5 Å². The van der Waals surface area contributed by atoms with Gasteiger partial charge in [-0.15, -0.1) is 0 Å². The van der Waals surface area contributed by atoms with E-state index in [1.54, 1.807) is 0 Å². The smallest absolute Gasteiger partial charge is 0.321 e. The van der Waals surface area contributed by atoms with Gasteiger partial charge in [-0.3, -0.25) is 0 Å². The van der Waals surface area contributed by atoms with Gasteiger partial charge in [-0.05, 0) is 44.7 Å². The summed E-state index contributed by atoms with van der Waals surface area (Å²) in [6.07, 6.45) is 0.890. The molecule has 1 N–H and O–H groups in total. The number of carbonyl (C=O) groups is 1. The van der Waals surface area contributed by atoms with Crippen molar-refractivity contribution in [2.45, 2.75) is 47.0 Å². The van der Waals surface area contributed by atoms with Crippen LogP contribution in [0.25, 0.3) is 11.4 Å². The molecule has 6 heteroatoms. The van der Waals surface area contributed by atoms with Crippen molar-refractivity contribution in [3.05, 3.63) is 70.9 Å². The Balaban J connectivity index is 1.55.